The molecule has 4 heteroatoms. The molecule has 0 aromatic carbocycles. The minimum atomic E-state index is -1.32. The molecule has 0 spiro atoms. The van der Waals surface area contributed by atoms with Crippen molar-refractivity contribution in [3.05, 3.63) is 12.7 Å². The van der Waals surface area contributed by atoms with Gasteiger partial charge in [-0.25, -0.2) is 0 Å². The summed E-state index contributed by atoms with van der Waals surface area (Å²) in [5, 5.41) is 18.5. The number of rotatable bonds is 7. The Bertz CT molecular complexity index is 204. The van der Waals surface area contributed by atoms with Crippen LogP contribution in [-0.4, -0.2) is 46.3 Å². The lowest BCUT2D eigenvalue weighted by Crippen LogP contribution is -2.44. The first kappa shape index (κ1) is 14.1. The average Bonchev–Trinajstić information content (AvgIpc) is 2.22. The van der Waals surface area contributed by atoms with Gasteiger partial charge in [0.15, 0.2) is 6.10 Å². The van der Waals surface area contributed by atoms with Crippen LogP contribution in [0.15, 0.2) is 12.7 Å². The van der Waals surface area contributed by atoms with E-state index in [-0.39, 0.29) is 0 Å². The van der Waals surface area contributed by atoms with E-state index in [1.54, 1.807) is 11.0 Å². The molecule has 0 heterocycles. The molecule has 15 heavy (non-hydrogen) atoms. The molecule has 2 N–H and O–H groups in total. The zero-order valence-corrected chi connectivity index (χ0v) is 9.52. The van der Waals surface area contributed by atoms with Gasteiger partial charge in [0.05, 0.1) is 6.10 Å². The van der Waals surface area contributed by atoms with Gasteiger partial charge in [0, 0.05) is 13.1 Å². The Morgan fingerprint density at radius 3 is 2.47 bits per heavy atom. The van der Waals surface area contributed by atoms with Crippen molar-refractivity contribution in [2.45, 2.75) is 38.9 Å². The quantitative estimate of drug-likeness (QED) is 0.609. The van der Waals surface area contributed by atoms with Gasteiger partial charge in [0.25, 0.3) is 5.91 Å². The molecule has 88 valence electrons. The standard InChI is InChI=1S/C11H21NO3/c1-4-6-8-12(7-5-2)11(15)10(14)9(3)13/h4,9-10,13-14H,1,5-8H2,2-3H3. The largest absolute Gasteiger partial charge is 0.390 e. The van der Waals surface area contributed by atoms with E-state index in [1.165, 1.54) is 6.92 Å². The van der Waals surface area contributed by atoms with Gasteiger partial charge in [-0.2, -0.15) is 0 Å². The molecule has 0 aliphatic carbocycles. The van der Waals surface area contributed by atoms with Crippen molar-refractivity contribution in [2.24, 2.45) is 0 Å². The predicted octanol–water partition coefficient (Wildman–Crippen LogP) is 0.543. The first-order valence-electron chi connectivity index (χ1n) is 5.30. The topological polar surface area (TPSA) is 60.8 Å². The molecule has 4 nitrogen and oxygen atoms in total. The van der Waals surface area contributed by atoms with Crippen molar-refractivity contribution in [2.75, 3.05) is 13.1 Å². The van der Waals surface area contributed by atoms with Gasteiger partial charge >= 0.3 is 0 Å². The highest BCUT2D eigenvalue weighted by Gasteiger charge is 2.24. The number of hydrogen-bond donors (Lipinski definition) is 2. The van der Waals surface area contributed by atoms with E-state index in [1.807, 2.05) is 6.92 Å². The molecule has 1 amide bonds. The highest BCUT2D eigenvalue weighted by atomic mass is 16.3. The lowest BCUT2D eigenvalue weighted by atomic mass is 10.2. The fourth-order valence-corrected chi connectivity index (χ4v) is 1.24. The highest BCUT2D eigenvalue weighted by molar-refractivity contribution is 5.81. The summed E-state index contributed by atoms with van der Waals surface area (Å²) in [6.45, 7) is 8.08. The van der Waals surface area contributed by atoms with Crippen LogP contribution in [0.2, 0.25) is 0 Å². The van der Waals surface area contributed by atoms with Crippen molar-refractivity contribution in [3.63, 3.8) is 0 Å². The van der Waals surface area contributed by atoms with Crippen molar-refractivity contribution < 1.29 is 15.0 Å². The first-order chi connectivity index (χ1) is 7.04. The van der Waals surface area contributed by atoms with Gasteiger partial charge in [0.1, 0.15) is 0 Å². The van der Waals surface area contributed by atoms with E-state index in [0.717, 1.165) is 6.42 Å². The summed E-state index contributed by atoms with van der Waals surface area (Å²) >= 11 is 0. The van der Waals surface area contributed by atoms with E-state index >= 15 is 0 Å². The molecule has 0 aliphatic heterocycles. The van der Waals surface area contributed by atoms with Gasteiger partial charge in [-0.05, 0) is 19.8 Å². The van der Waals surface area contributed by atoms with Crippen molar-refractivity contribution in [1.82, 2.24) is 4.90 Å². The summed E-state index contributed by atoms with van der Waals surface area (Å²) in [4.78, 5) is 13.2. The Labute approximate surface area is 91.2 Å². The van der Waals surface area contributed by atoms with Gasteiger partial charge in [-0.15, -0.1) is 6.58 Å². The van der Waals surface area contributed by atoms with E-state index in [2.05, 4.69) is 6.58 Å². The predicted molar refractivity (Wildman–Crippen MR) is 59.4 cm³/mol. The van der Waals surface area contributed by atoms with Gasteiger partial charge in [0.2, 0.25) is 0 Å². The number of carbonyl (C=O) groups is 1. The van der Waals surface area contributed by atoms with E-state index in [9.17, 15) is 9.90 Å². The minimum Gasteiger partial charge on any atom is -0.390 e. The maximum atomic E-state index is 11.7. The second-order valence-electron chi connectivity index (χ2n) is 3.59. The van der Waals surface area contributed by atoms with Crippen LogP contribution in [0.4, 0.5) is 0 Å². The number of hydrogen-bond acceptors (Lipinski definition) is 3. The Morgan fingerprint density at radius 2 is 2.07 bits per heavy atom. The van der Waals surface area contributed by atoms with Crippen LogP contribution in [0.3, 0.4) is 0 Å². The van der Waals surface area contributed by atoms with Crippen LogP contribution >= 0.6 is 0 Å². The third-order valence-corrected chi connectivity index (χ3v) is 2.12. The summed E-state index contributed by atoms with van der Waals surface area (Å²) in [6, 6.07) is 0. The maximum absolute atomic E-state index is 11.7. The highest BCUT2D eigenvalue weighted by Crippen LogP contribution is 2.03. The molecule has 0 aliphatic rings. The van der Waals surface area contributed by atoms with E-state index < -0.39 is 18.1 Å². The molecule has 0 radical (unpaired) electrons. The molecule has 0 bridgehead atoms. The molecular weight excluding hydrogens is 194 g/mol. The number of amides is 1. The smallest absolute Gasteiger partial charge is 0.254 e. The molecular formula is C11H21NO3. The van der Waals surface area contributed by atoms with Crippen molar-refractivity contribution in [3.8, 4) is 0 Å². The third-order valence-electron chi connectivity index (χ3n) is 2.12. The van der Waals surface area contributed by atoms with Crippen LogP contribution in [0.1, 0.15) is 26.7 Å². The Balaban J connectivity index is 4.32. The Hall–Kier alpha value is -0.870. The maximum Gasteiger partial charge on any atom is 0.254 e. The second kappa shape index (κ2) is 7.43. The van der Waals surface area contributed by atoms with Crippen LogP contribution < -0.4 is 0 Å². The number of aliphatic hydroxyl groups excluding tert-OH is 2. The van der Waals surface area contributed by atoms with E-state index in [4.69, 9.17) is 5.11 Å². The number of carbonyl (C=O) groups excluding carboxylic acids is 1. The second-order valence-corrected chi connectivity index (χ2v) is 3.59. The zero-order valence-electron chi connectivity index (χ0n) is 9.52. The summed E-state index contributed by atoms with van der Waals surface area (Å²) in [6.07, 6.45) is 0.903. The zero-order chi connectivity index (χ0) is 11.8. The SMILES string of the molecule is C=CCCN(CCC)C(=O)C(O)C(C)O. The molecule has 0 aromatic rings. The van der Waals surface area contributed by atoms with Crippen molar-refractivity contribution >= 4 is 5.91 Å². The summed E-state index contributed by atoms with van der Waals surface area (Å²) < 4.78 is 0. The lowest BCUT2D eigenvalue weighted by molar-refractivity contribution is -0.145. The lowest BCUT2D eigenvalue weighted by Gasteiger charge is -2.25. The van der Waals surface area contributed by atoms with Gasteiger partial charge < -0.3 is 15.1 Å². The minimum absolute atomic E-state index is 0.409. The number of nitrogens with zero attached hydrogens (tertiary/aromatic N) is 1. The first-order valence-corrected chi connectivity index (χ1v) is 5.30. The van der Waals surface area contributed by atoms with Crippen LogP contribution in [0.5, 0.6) is 0 Å². The molecule has 0 saturated carbocycles. The average molecular weight is 215 g/mol. The third kappa shape index (κ3) is 4.95. The normalized spacial score (nSPS) is 14.4. The van der Waals surface area contributed by atoms with Gasteiger partial charge in [-0.1, -0.05) is 13.0 Å². The van der Waals surface area contributed by atoms with Crippen LogP contribution in [0.25, 0.3) is 0 Å². The van der Waals surface area contributed by atoms with Crippen molar-refractivity contribution in [1.29, 1.82) is 0 Å². The summed E-state index contributed by atoms with van der Waals surface area (Å²) in [7, 11) is 0. The Morgan fingerprint density at radius 1 is 1.47 bits per heavy atom. The molecule has 0 fully saturated rings. The van der Waals surface area contributed by atoms with E-state index in [0.29, 0.717) is 19.5 Å². The monoisotopic (exact) mass is 215 g/mol. The van der Waals surface area contributed by atoms with Crippen LogP contribution in [0, 0.1) is 0 Å². The fraction of sp³-hybridized carbons (Fsp3) is 0.727. The molecule has 0 aromatic heterocycles. The fourth-order valence-electron chi connectivity index (χ4n) is 1.24. The van der Waals surface area contributed by atoms with Gasteiger partial charge in [-0.3, -0.25) is 4.79 Å². The molecule has 2 unspecified atom stereocenters. The van der Waals surface area contributed by atoms with Crippen LogP contribution in [-0.2, 0) is 4.79 Å². The molecule has 0 saturated heterocycles. The summed E-state index contributed by atoms with van der Waals surface area (Å²) in [5.41, 5.74) is 0. The summed E-state index contributed by atoms with van der Waals surface area (Å²) in [5.74, 6) is -0.409. The number of aliphatic hydroxyl groups is 2. The molecule has 2 atom stereocenters. The molecule has 0 rings (SSSR count). The Kier molecular flexibility index (Phi) is 6.99.